The number of ketones is 1. The molecule has 0 aromatic rings. The van der Waals surface area contributed by atoms with Gasteiger partial charge in [-0.1, -0.05) is 0 Å². The third-order valence-electron chi connectivity index (χ3n) is 0.808. The van der Waals surface area contributed by atoms with Gasteiger partial charge in [-0.25, -0.2) is 0 Å². The highest BCUT2D eigenvalue weighted by Gasteiger charge is 1.86. The maximum atomic E-state index is 10.3. The van der Waals surface area contributed by atoms with Crippen molar-refractivity contribution in [3.05, 3.63) is 0 Å². The highest BCUT2D eigenvalue weighted by Crippen LogP contribution is 1.84. The Balaban J connectivity index is 3.05. The van der Waals surface area contributed by atoms with Crippen LogP contribution in [0.4, 0.5) is 0 Å². The van der Waals surface area contributed by atoms with Crippen LogP contribution in [0.5, 0.6) is 0 Å². The first-order valence-corrected chi connectivity index (χ1v) is 2.67. The third kappa shape index (κ3) is 5.34. The third-order valence-corrected chi connectivity index (χ3v) is 0.808. The molecule has 0 N–H and O–H groups in total. The Labute approximate surface area is 49.6 Å². The Morgan fingerprint density at radius 1 is 1.75 bits per heavy atom. The summed E-state index contributed by atoms with van der Waals surface area (Å²) in [6, 6.07) is 0. The largest absolute Gasteiger partial charge is 0.301 e. The van der Waals surface area contributed by atoms with Gasteiger partial charge in [0.05, 0.1) is 0 Å². The summed E-state index contributed by atoms with van der Waals surface area (Å²) in [5.41, 5.74) is 0. The highest BCUT2D eigenvalue weighted by molar-refractivity contribution is 5.78. The zero-order valence-corrected chi connectivity index (χ0v) is 5.35. The van der Waals surface area contributed by atoms with Crippen molar-refractivity contribution in [2.75, 3.05) is 7.05 Å². The van der Waals surface area contributed by atoms with Gasteiger partial charge in [0, 0.05) is 13.5 Å². The monoisotopic (exact) mass is 113 g/mol. The quantitative estimate of drug-likeness (QED) is 0.503. The van der Waals surface area contributed by atoms with Crippen molar-refractivity contribution in [3.63, 3.8) is 0 Å². The molecule has 0 aliphatic carbocycles. The molecule has 0 spiro atoms. The fourth-order valence-electron chi connectivity index (χ4n) is 0.397. The van der Waals surface area contributed by atoms with Crippen molar-refractivity contribution in [1.82, 2.24) is 0 Å². The number of nitrogens with zero attached hydrogens (tertiary/aromatic N) is 1. The Morgan fingerprint density at radius 2 is 2.38 bits per heavy atom. The van der Waals surface area contributed by atoms with Crippen LogP contribution >= 0.6 is 0 Å². The smallest absolute Gasteiger partial charge is 0.130 e. The molecule has 0 amide bonds. The lowest BCUT2D eigenvalue weighted by atomic mass is 10.2. The fraction of sp³-hybridized carbons (Fsp3) is 0.667. The number of hydrogen-bond donors (Lipinski definition) is 0. The van der Waals surface area contributed by atoms with Crippen molar-refractivity contribution in [2.45, 2.75) is 19.8 Å². The molecule has 0 fully saturated rings. The summed E-state index contributed by atoms with van der Waals surface area (Å²) in [4.78, 5) is 14.0. The van der Waals surface area contributed by atoms with Crippen LogP contribution in [0.25, 0.3) is 0 Å². The van der Waals surface area contributed by atoms with Gasteiger partial charge >= 0.3 is 0 Å². The van der Waals surface area contributed by atoms with Crippen LogP contribution in [0.1, 0.15) is 19.8 Å². The summed E-state index contributed by atoms with van der Waals surface area (Å²) >= 11 is 0. The molecule has 8 heavy (non-hydrogen) atoms. The first-order valence-electron chi connectivity index (χ1n) is 2.67. The molecule has 0 aromatic carbocycles. The van der Waals surface area contributed by atoms with E-state index in [1.807, 2.05) is 0 Å². The number of aliphatic imine (C=N–C) groups is 1. The average molecular weight is 113 g/mol. The second-order valence-corrected chi connectivity index (χ2v) is 1.68. The predicted molar refractivity (Wildman–Crippen MR) is 34.3 cm³/mol. The number of Topliss-reactive ketones (excluding diaryl/α,β-unsaturated/α-hetero) is 1. The fourth-order valence-corrected chi connectivity index (χ4v) is 0.397. The predicted octanol–water partition coefficient (Wildman–Crippen LogP) is 1.06. The first kappa shape index (κ1) is 7.34. The molecule has 0 bridgehead atoms. The number of carbonyl (C=O) groups is 1. The van der Waals surface area contributed by atoms with E-state index in [9.17, 15) is 4.79 Å². The van der Waals surface area contributed by atoms with Crippen LogP contribution in [0.2, 0.25) is 0 Å². The van der Waals surface area contributed by atoms with Gasteiger partial charge < -0.3 is 9.79 Å². The Bertz CT molecular complexity index is 96.7. The minimum absolute atomic E-state index is 0.227. The van der Waals surface area contributed by atoms with Crippen molar-refractivity contribution in [3.8, 4) is 0 Å². The van der Waals surface area contributed by atoms with Gasteiger partial charge in [-0.05, 0) is 19.6 Å². The second-order valence-electron chi connectivity index (χ2n) is 1.68. The standard InChI is InChI=1S/C6H11NO/c1-6(8)4-3-5-7-2/h5H,3-4H2,1-2H3. The van der Waals surface area contributed by atoms with Crippen molar-refractivity contribution < 1.29 is 4.79 Å². The molecular weight excluding hydrogens is 102 g/mol. The molecule has 2 heteroatoms. The summed E-state index contributed by atoms with van der Waals surface area (Å²) in [6.07, 6.45) is 3.16. The first-order chi connectivity index (χ1) is 3.77. The van der Waals surface area contributed by atoms with Gasteiger partial charge in [0.2, 0.25) is 0 Å². The maximum Gasteiger partial charge on any atom is 0.130 e. The number of rotatable bonds is 3. The summed E-state index contributed by atoms with van der Waals surface area (Å²) in [5, 5.41) is 0. The Morgan fingerprint density at radius 3 is 2.75 bits per heavy atom. The van der Waals surface area contributed by atoms with E-state index in [2.05, 4.69) is 4.99 Å². The van der Waals surface area contributed by atoms with E-state index in [1.165, 1.54) is 0 Å². The van der Waals surface area contributed by atoms with E-state index in [-0.39, 0.29) is 5.78 Å². The van der Waals surface area contributed by atoms with Gasteiger partial charge in [-0.2, -0.15) is 0 Å². The van der Waals surface area contributed by atoms with Crippen LogP contribution < -0.4 is 0 Å². The molecular formula is C6H11NO. The summed E-state index contributed by atoms with van der Waals surface area (Å²) in [7, 11) is 1.71. The van der Waals surface area contributed by atoms with Crippen LogP contribution in [0.3, 0.4) is 0 Å². The minimum atomic E-state index is 0.227. The molecule has 0 aliphatic rings. The molecule has 0 aromatic heterocycles. The average Bonchev–Trinajstić information content (AvgIpc) is 1.66. The van der Waals surface area contributed by atoms with Crippen molar-refractivity contribution in [1.29, 1.82) is 0 Å². The van der Waals surface area contributed by atoms with Crippen LogP contribution in [0, 0.1) is 0 Å². The van der Waals surface area contributed by atoms with Gasteiger partial charge in [-0.3, -0.25) is 0 Å². The van der Waals surface area contributed by atoms with E-state index in [4.69, 9.17) is 0 Å². The Hall–Kier alpha value is -0.660. The topological polar surface area (TPSA) is 29.4 Å². The van der Waals surface area contributed by atoms with Crippen LogP contribution in [0.15, 0.2) is 4.99 Å². The van der Waals surface area contributed by atoms with E-state index < -0.39 is 0 Å². The van der Waals surface area contributed by atoms with Gasteiger partial charge in [0.15, 0.2) is 0 Å². The van der Waals surface area contributed by atoms with Crippen LogP contribution in [-0.4, -0.2) is 19.0 Å². The zero-order chi connectivity index (χ0) is 6.41. The highest BCUT2D eigenvalue weighted by atomic mass is 16.1. The Kier molecular flexibility index (Phi) is 4.13. The molecule has 46 valence electrons. The summed E-state index contributed by atoms with van der Waals surface area (Å²) in [5.74, 6) is 0.227. The van der Waals surface area contributed by atoms with Crippen molar-refractivity contribution >= 4 is 12.0 Å². The second kappa shape index (κ2) is 4.50. The molecule has 0 saturated heterocycles. The van der Waals surface area contributed by atoms with Crippen molar-refractivity contribution in [2.24, 2.45) is 4.99 Å². The van der Waals surface area contributed by atoms with Gasteiger partial charge in [0.25, 0.3) is 0 Å². The molecule has 0 aliphatic heterocycles. The molecule has 2 nitrogen and oxygen atoms in total. The lowest BCUT2D eigenvalue weighted by Gasteiger charge is -1.83. The molecule has 0 radical (unpaired) electrons. The maximum absolute atomic E-state index is 10.3. The summed E-state index contributed by atoms with van der Waals surface area (Å²) < 4.78 is 0. The van der Waals surface area contributed by atoms with Gasteiger partial charge in [0.1, 0.15) is 5.78 Å². The molecule has 0 atom stereocenters. The van der Waals surface area contributed by atoms with Gasteiger partial charge in [-0.15, -0.1) is 0 Å². The number of carbonyl (C=O) groups excluding carboxylic acids is 1. The van der Waals surface area contributed by atoms with E-state index >= 15 is 0 Å². The minimum Gasteiger partial charge on any atom is -0.301 e. The lowest BCUT2D eigenvalue weighted by Crippen LogP contribution is -1.88. The normalized spacial score (nSPS) is 10.2. The zero-order valence-electron chi connectivity index (χ0n) is 5.35. The summed E-state index contributed by atoms with van der Waals surface area (Å²) in [6.45, 7) is 1.59. The van der Waals surface area contributed by atoms with E-state index in [0.717, 1.165) is 6.42 Å². The SMILES string of the molecule is CN=CCCC(C)=O. The number of hydrogen-bond acceptors (Lipinski definition) is 2. The molecule has 0 rings (SSSR count). The van der Waals surface area contributed by atoms with Crippen LogP contribution in [-0.2, 0) is 4.79 Å². The van der Waals surface area contributed by atoms with E-state index in [0.29, 0.717) is 6.42 Å². The molecule has 0 heterocycles. The lowest BCUT2D eigenvalue weighted by molar-refractivity contribution is -0.116. The van der Waals surface area contributed by atoms with E-state index in [1.54, 1.807) is 20.2 Å². The molecule has 0 saturated carbocycles. The molecule has 0 unspecified atom stereocenters.